The van der Waals surface area contributed by atoms with Gasteiger partial charge in [0.05, 0.1) is 0 Å². The van der Waals surface area contributed by atoms with Crippen molar-refractivity contribution < 1.29 is 20.0 Å². The zero-order valence-corrected chi connectivity index (χ0v) is 6.69. The van der Waals surface area contributed by atoms with E-state index in [1.54, 1.807) is 0 Å². The molecule has 0 aromatic rings. The van der Waals surface area contributed by atoms with Crippen molar-refractivity contribution in [3.05, 3.63) is 0 Å². The van der Waals surface area contributed by atoms with Crippen molar-refractivity contribution in [2.45, 2.75) is 18.9 Å². The van der Waals surface area contributed by atoms with Crippen LogP contribution in [0.5, 0.6) is 0 Å². The maximum atomic E-state index is 10.5. The van der Waals surface area contributed by atoms with Gasteiger partial charge >= 0.3 is 5.97 Å². The van der Waals surface area contributed by atoms with Crippen LogP contribution in [0.2, 0.25) is 0 Å². The molecule has 1 rings (SSSR count). The first kappa shape index (κ1) is 9.44. The van der Waals surface area contributed by atoms with Crippen LogP contribution in [0.3, 0.4) is 0 Å². The van der Waals surface area contributed by atoms with Crippen LogP contribution < -0.4 is 5.32 Å². The predicted molar refractivity (Wildman–Crippen MR) is 40.7 cm³/mol. The van der Waals surface area contributed by atoms with Gasteiger partial charge in [-0.3, -0.25) is 5.26 Å². The fraction of sp³-hybridized carbons (Fsp3) is 0.857. The van der Waals surface area contributed by atoms with E-state index in [-0.39, 0.29) is 5.92 Å². The Morgan fingerprint density at radius 2 is 2.42 bits per heavy atom. The zero-order chi connectivity index (χ0) is 8.97. The molecule has 0 aliphatic carbocycles. The molecule has 1 aliphatic heterocycles. The summed E-state index contributed by atoms with van der Waals surface area (Å²) in [4.78, 5) is 14.4. The summed E-state index contributed by atoms with van der Waals surface area (Å²) in [7, 11) is 0. The topological polar surface area (TPSA) is 78.8 Å². The average molecular weight is 175 g/mol. The minimum Gasteiger partial charge on any atom is -0.479 e. The number of carbonyl (C=O) groups is 1. The minimum atomic E-state index is -1.11. The fourth-order valence-electron chi connectivity index (χ4n) is 1.47. The van der Waals surface area contributed by atoms with E-state index < -0.39 is 12.1 Å². The smallest absolute Gasteiger partial charge is 0.336 e. The molecule has 1 fully saturated rings. The molecule has 3 N–H and O–H groups in total. The molecule has 0 bridgehead atoms. The van der Waals surface area contributed by atoms with Gasteiger partial charge in [0.1, 0.15) is 0 Å². The van der Waals surface area contributed by atoms with E-state index in [4.69, 9.17) is 10.4 Å². The highest BCUT2D eigenvalue weighted by Gasteiger charge is 2.30. The largest absolute Gasteiger partial charge is 0.479 e. The lowest BCUT2D eigenvalue weighted by Gasteiger charge is -2.25. The Morgan fingerprint density at radius 1 is 1.67 bits per heavy atom. The van der Waals surface area contributed by atoms with Gasteiger partial charge in [-0.15, -0.1) is 0 Å². The van der Waals surface area contributed by atoms with Crippen molar-refractivity contribution in [1.82, 2.24) is 5.32 Å². The van der Waals surface area contributed by atoms with E-state index in [2.05, 4.69) is 10.2 Å². The maximum absolute atomic E-state index is 10.5. The summed E-state index contributed by atoms with van der Waals surface area (Å²) >= 11 is 0. The molecule has 1 saturated heterocycles. The third kappa shape index (κ3) is 2.17. The van der Waals surface area contributed by atoms with Gasteiger partial charge in [-0.1, -0.05) is 0 Å². The van der Waals surface area contributed by atoms with Gasteiger partial charge in [-0.25, -0.2) is 9.68 Å². The summed E-state index contributed by atoms with van der Waals surface area (Å²) in [5, 5.41) is 20.0. The highest BCUT2D eigenvalue weighted by Crippen LogP contribution is 2.16. The van der Waals surface area contributed by atoms with Gasteiger partial charge in [0.25, 0.3) is 0 Å². The van der Waals surface area contributed by atoms with Crippen LogP contribution in [-0.2, 0) is 9.68 Å². The third-order valence-electron chi connectivity index (χ3n) is 2.12. The van der Waals surface area contributed by atoms with Gasteiger partial charge in [-0.2, -0.15) is 0 Å². The summed E-state index contributed by atoms with van der Waals surface area (Å²) in [5.41, 5.74) is 0. The molecular weight excluding hydrogens is 162 g/mol. The number of nitrogens with one attached hydrogen (secondary N) is 1. The first-order chi connectivity index (χ1) is 5.75. The summed E-state index contributed by atoms with van der Waals surface area (Å²) in [6, 6.07) is 0. The molecule has 70 valence electrons. The minimum absolute atomic E-state index is 0.124. The Labute approximate surface area is 70.3 Å². The van der Waals surface area contributed by atoms with Crippen LogP contribution in [0, 0.1) is 5.92 Å². The Balaban J connectivity index is 2.46. The molecule has 0 saturated carbocycles. The van der Waals surface area contributed by atoms with Gasteiger partial charge < -0.3 is 10.4 Å². The number of carboxylic acid groups (broad SMARTS) is 1. The van der Waals surface area contributed by atoms with Crippen LogP contribution in [0.4, 0.5) is 0 Å². The van der Waals surface area contributed by atoms with Gasteiger partial charge in [0, 0.05) is 12.5 Å². The second-order valence-corrected chi connectivity index (χ2v) is 2.97. The van der Waals surface area contributed by atoms with E-state index in [9.17, 15) is 4.79 Å². The zero-order valence-electron chi connectivity index (χ0n) is 6.69. The van der Waals surface area contributed by atoms with Crippen molar-refractivity contribution in [3.63, 3.8) is 0 Å². The molecule has 12 heavy (non-hydrogen) atoms. The molecular formula is C7H13NO4. The van der Waals surface area contributed by atoms with Gasteiger partial charge in [0.15, 0.2) is 6.10 Å². The van der Waals surface area contributed by atoms with Gasteiger partial charge in [-0.05, 0) is 19.4 Å². The molecule has 2 unspecified atom stereocenters. The number of hydrogen-bond acceptors (Lipinski definition) is 4. The van der Waals surface area contributed by atoms with Crippen LogP contribution in [-0.4, -0.2) is 35.5 Å². The van der Waals surface area contributed by atoms with Gasteiger partial charge in [0.2, 0.25) is 0 Å². The summed E-state index contributed by atoms with van der Waals surface area (Å²) in [6.07, 6.45) is 0.625. The molecule has 2 atom stereocenters. The van der Waals surface area contributed by atoms with Crippen molar-refractivity contribution in [2.24, 2.45) is 5.92 Å². The highest BCUT2D eigenvalue weighted by atomic mass is 17.1. The number of aliphatic carboxylic acids is 1. The summed E-state index contributed by atoms with van der Waals surface area (Å²) in [6.45, 7) is 1.51. The normalized spacial score (nSPS) is 26.6. The molecule has 0 aromatic heterocycles. The molecule has 0 spiro atoms. The van der Waals surface area contributed by atoms with Crippen molar-refractivity contribution in [2.75, 3.05) is 13.1 Å². The molecule has 0 aromatic carbocycles. The Morgan fingerprint density at radius 3 is 2.83 bits per heavy atom. The Bertz CT molecular complexity index is 155. The standard InChI is InChI=1S/C7H13NO4/c9-7(10)6(12-11)5-2-1-3-8-4-5/h5-6,8,11H,1-4H2,(H,9,10). The van der Waals surface area contributed by atoms with Crippen molar-refractivity contribution in [1.29, 1.82) is 0 Å². The maximum Gasteiger partial charge on any atom is 0.336 e. The Hall–Kier alpha value is -0.650. The average Bonchev–Trinajstić information content (AvgIpc) is 2.07. The predicted octanol–water partition coefficient (Wildman–Crippen LogP) is -0.0712. The van der Waals surface area contributed by atoms with Crippen LogP contribution in [0.1, 0.15) is 12.8 Å². The van der Waals surface area contributed by atoms with Crippen LogP contribution >= 0.6 is 0 Å². The Kier molecular flexibility index (Phi) is 3.46. The molecule has 1 heterocycles. The van der Waals surface area contributed by atoms with Crippen molar-refractivity contribution in [3.8, 4) is 0 Å². The van der Waals surface area contributed by atoms with E-state index in [1.165, 1.54) is 0 Å². The summed E-state index contributed by atoms with van der Waals surface area (Å²) in [5.74, 6) is -1.23. The fourth-order valence-corrected chi connectivity index (χ4v) is 1.47. The molecule has 1 aliphatic rings. The molecule has 0 radical (unpaired) electrons. The second kappa shape index (κ2) is 4.39. The van der Waals surface area contributed by atoms with E-state index in [1.807, 2.05) is 0 Å². The quantitative estimate of drug-likeness (QED) is 0.413. The number of piperidine rings is 1. The lowest BCUT2D eigenvalue weighted by atomic mass is 9.94. The third-order valence-corrected chi connectivity index (χ3v) is 2.12. The lowest BCUT2D eigenvalue weighted by molar-refractivity contribution is -0.287. The number of carboxylic acids is 1. The SMILES string of the molecule is O=C(O)C(OO)C1CCCNC1. The lowest BCUT2D eigenvalue weighted by Crippen LogP contribution is -2.41. The number of hydrogen-bond donors (Lipinski definition) is 3. The monoisotopic (exact) mass is 175 g/mol. The number of rotatable bonds is 3. The van der Waals surface area contributed by atoms with Crippen LogP contribution in [0.25, 0.3) is 0 Å². The first-order valence-electron chi connectivity index (χ1n) is 3.99. The van der Waals surface area contributed by atoms with E-state index >= 15 is 0 Å². The van der Waals surface area contributed by atoms with Crippen LogP contribution in [0.15, 0.2) is 0 Å². The van der Waals surface area contributed by atoms with Crippen molar-refractivity contribution >= 4 is 5.97 Å². The highest BCUT2D eigenvalue weighted by molar-refractivity contribution is 5.72. The molecule has 5 nitrogen and oxygen atoms in total. The molecule has 0 amide bonds. The van der Waals surface area contributed by atoms with E-state index in [0.717, 1.165) is 19.4 Å². The summed E-state index contributed by atoms with van der Waals surface area (Å²) < 4.78 is 0. The van der Waals surface area contributed by atoms with E-state index in [0.29, 0.717) is 6.54 Å². The molecule has 5 heteroatoms. The second-order valence-electron chi connectivity index (χ2n) is 2.97. The first-order valence-corrected chi connectivity index (χ1v) is 3.99.